The Bertz CT molecular complexity index is 1660. The zero-order chi connectivity index (χ0) is 27.7. The molecule has 1 aliphatic rings. The van der Waals surface area contributed by atoms with Crippen molar-refractivity contribution >= 4 is 32.6 Å². The van der Waals surface area contributed by atoms with Gasteiger partial charge in [0.25, 0.3) is 5.91 Å². The first-order valence-electron chi connectivity index (χ1n) is 13.4. The van der Waals surface area contributed by atoms with Gasteiger partial charge in [-0.1, -0.05) is 13.8 Å². The largest absolute Gasteiger partial charge is 0.477 e. The number of carbonyl (C=O) groups is 1. The molecule has 4 aromatic rings. The van der Waals surface area contributed by atoms with E-state index in [0.29, 0.717) is 59.1 Å². The lowest BCUT2D eigenvalue weighted by Crippen LogP contribution is -2.18. The van der Waals surface area contributed by atoms with E-state index in [1.54, 1.807) is 23.0 Å². The van der Waals surface area contributed by atoms with Crippen molar-refractivity contribution in [3.8, 4) is 17.1 Å². The monoisotopic (exact) mass is 549 g/mol. The van der Waals surface area contributed by atoms with Crippen LogP contribution in [-0.4, -0.2) is 53.3 Å². The minimum atomic E-state index is -2.53. The number of anilines is 1. The quantitative estimate of drug-likeness (QED) is 0.382. The molecule has 10 nitrogen and oxygen atoms in total. The van der Waals surface area contributed by atoms with Crippen LogP contribution in [0.25, 0.3) is 22.3 Å². The number of hydrogen-bond acceptors (Lipinski definition) is 7. The van der Waals surface area contributed by atoms with Crippen LogP contribution in [0.15, 0.2) is 45.8 Å². The number of ether oxygens (including phenoxy) is 1. The summed E-state index contributed by atoms with van der Waals surface area (Å²) in [4.78, 5) is 23.7. The topological polar surface area (TPSA) is 116 Å². The molecule has 1 N–H and O–H groups in total. The van der Waals surface area contributed by atoms with E-state index in [2.05, 4.69) is 26.7 Å². The van der Waals surface area contributed by atoms with E-state index in [9.17, 15) is 9.00 Å². The predicted octanol–water partition coefficient (Wildman–Crippen LogP) is 5.07. The SMILES string of the molecule is CCN=S(=O)(CC)c1ccc2nc3n(c2c1)CC(C)CCCOc1c(cnn1C)-c1cc(cc(C)n1)C(=O)N3. The molecule has 206 valence electrons. The minimum absolute atomic E-state index is 0.266. The van der Waals surface area contributed by atoms with Gasteiger partial charge in [0.15, 0.2) is 0 Å². The van der Waals surface area contributed by atoms with Crippen molar-refractivity contribution < 1.29 is 13.7 Å². The van der Waals surface area contributed by atoms with Gasteiger partial charge in [-0.25, -0.2) is 18.2 Å². The maximum atomic E-state index is 13.6. The van der Waals surface area contributed by atoms with Gasteiger partial charge in [0.05, 0.1) is 44.8 Å². The number of amides is 1. The number of nitrogens with zero attached hydrogens (tertiary/aromatic N) is 6. The Hall–Kier alpha value is -3.73. The average Bonchev–Trinajstić information content (AvgIpc) is 3.44. The highest BCUT2D eigenvalue weighted by Gasteiger charge is 2.22. The third kappa shape index (κ3) is 5.27. The van der Waals surface area contributed by atoms with Crippen molar-refractivity contribution in [3.05, 3.63) is 47.8 Å². The summed E-state index contributed by atoms with van der Waals surface area (Å²) < 4.78 is 27.9. The maximum Gasteiger partial charge on any atom is 0.258 e. The fourth-order valence-corrected chi connectivity index (χ4v) is 6.67. The molecule has 5 rings (SSSR count). The summed E-state index contributed by atoms with van der Waals surface area (Å²) in [5.74, 6) is 1.50. The molecular weight excluding hydrogens is 514 g/mol. The first kappa shape index (κ1) is 26.9. The molecule has 1 amide bonds. The number of aromatic nitrogens is 5. The van der Waals surface area contributed by atoms with E-state index in [-0.39, 0.29) is 11.8 Å². The molecule has 0 spiro atoms. The van der Waals surface area contributed by atoms with Gasteiger partial charge in [-0.2, -0.15) is 5.10 Å². The molecule has 0 radical (unpaired) electrons. The summed E-state index contributed by atoms with van der Waals surface area (Å²) >= 11 is 0. The van der Waals surface area contributed by atoms with E-state index in [1.807, 2.05) is 50.6 Å². The smallest absolute Gasteiger partial charge is 0.258 e. The lowest BCUT2D eigenvalue weighted by molar-refractivity contribution is 0.102. The van der Waals surface area contributed by atoms with Crippen LogP contribution in [0.3, 0.4) is 0 Å². The average molecular weight is 550 g/mol. The van der Waals surface area contributed by atoms with Gasteiger partial charge in [0.2, 0.25) is 11.8 Å². The van der Waals surface area contributed by atoms with Crippen LogP contribution in [0.4, 0.5) is 5.95 Å². The summed E-state index contributed by atoms with van der Waals surface area (Å²) in [6.45, 7) is 9.47. The molecule has 0 aliphatic carbocycles. The lowest BCUT2D eigenvalue weighted by Gasteiger charge is -2.16. The number of nitrogens with one attached hydrogen (secondary N) is 1. The number of aryl methyl sites for hydroxylation is 2. The van der Waals surface area contributed by atoms with Crippen LogP contribution >= 0.6 is 0 Å². The van der Waals surface area contributed by atoms with E-state index in [1.165, 1.54) is 0 Å². The van der Waals surface area contributed by atoms with Crippen molar-refractivity contribution in [1.82, 2.24) is 24.3 Å². The van der Waals surface area contributed by atoms with Gasteiger partial charge in [-0.15, -0.1) is 0 Å². The van der Waals surface area contributed by atoms with Crippen LogP contribution < -0.4 is 10.1 Å². The molecule has 39 heavy (non-hydrogen) atoms. The maximum absolute atomic E-state index is 13.6. The highest BCUT2D eigenvalue weighted by molar-refractivity contribution is 7.93. The first-order valence-corrected chi connectivity index (χ1v) is 15.1. The van der Waals surface area contributed by atoms with Gasteiger partial charge < -0.3 is 9.30 Å². The van der Waals surface area contributed by atoms with E-state index in [4.69, 9.17) is 9.72 Å². The fourth-order valence-electron chi connectivity index (χ4n) is 5.01. The lowest BCUT2D eigenvalue weighted by atomic mass is 10.1. The van der Waals surface area contributed by atoms with E-state index < -0.39 is 9.73 Å². The third-order valence-corrected chi connectivity index (χ3v) is 9.44. The van der Waals surface area contributed by atoms with Gasteiger partial charge in [-0.05, 0) is 62.9 Å². The van der Waals surface area contributed by atoms with E-state index in [0.717, 1.165) is 29.4 Å². The van der Waals surface area contributed by atoms with Crippen LogP contribution in [0.2, 0.25) is 0 Å². The van der Waals surface area contributed by atoms with Crippen molar-refractivity contribution in [2.24, 2.45) is 17.3 Å². The van der Waals surface area contributed by atoms with Crippen molar-refractivity contribution in [2.75, 3.05) is 24.2 Å². The van der Waals surface area contributed by atoms with E-state index >= 15 is 0 Å². The highest BCUT2D eigenvalue weighted by atomic mass is 32.2. The molecule has 0 saturated heterocycles. The van der Waals surface area contributed by atoms with Crippen LogP contribution in [0.5, 0.6) is 5.88 Å². The van der Waals surface area contributed by atoms with Crippen LogP contribution in [0.1, 0.15) is 49.7 Å². The Kier molecular flexibility index (Phi) is 7.44. The Labute approximate surface area is 229 Å². The second-order valence-corrected chi connectivity index (χ2v) is 12.6. The number of carbonyl (C=O) groups excluding carboxylic acids is 1. The molecule has 2 atom stereocenters. The number of benzene rings is 1. The number of rotatable bonds is 3. The molecule has 2 unspecified atom stereocenters. The summed E-state index contributed by atoms with van der Waals surface area (Å²) in [6, 6.07) is 9.14. The molecule has 1 aliphatic heterocycles. The molecule has 2 bridgehead atoms. The van der Waals surface area contributed by atoms with Crippen LogP contribution in [-0.2, 0) is 23.3 Å². The molecule has 0 saturated carbocycles. The number of pyridine rings is 1. The van der Waals surface area contributed by atoms with Crippen LogP contribution in [0, 0.1) is 12.8 Å². The molecule has 3 aromatic heterocycles. The molecule has 4 heterocycles. The third-order valence-electron chi connectivity index (χ3n) is 6.99. The molecule has 1 aromatic carbocycles. The number of imidazole rings is 1. The predicted molar refractivity (Wildman–Crippen MR) is 153 cm³/mol. The summed E-state index contributed by atoms with van der Waals surface area (Å²) in [5.41, 5.74) is 4.09. The summed E-state index contributed by atoms with van der Waals surface area (Å²) in [7, 11) is -0.692. The zero-order valence-electron chi connectivity index (χ0n) is 23.1. The first-order chi connectivity index (χ1) is 18.7. The van der Waals surface area contributed by atoms with Gasteiger partial charge in [-0.3, -0.25) is 15.1 Å². The zero-order valence-corrected chi connectivity index (χ0v) is 23.9. The Balaban J connectivity index is 1.63. The van der Waals surface area contributed by atoms with Crippen molar-refractivity contribution in [2.45, 2.75) is 52.0 Å². The fraction of sp³-hybridized carbons (Fsp3) is 0.429. The number of hydrogen-bond donors (Lipinski definition) is 1. The normalized spacial score (nSPS) is 17.7. The standard InChI is InChI=1S/C28H35N7O3S/c1-6-30-39(37,7-2)21-10-11-23-25(15-21)35-17-18(3)9-8-12-38-27-22(16-29-34(27)5)24-14-20(13-19(4)31-24)26(36)33-28(35)32-23/h10-11,13-16,18H,6-9,12,17H2,1-5H3,(H,32,33,36). The second-order valence-electron chi connectivity index (χ2n) is 9.99. The molecule has 11 heteroatoms. The Morgan fingerprint density at radius 3 is 2.79 bits per heavy atom. The van der Waals surface area contributed by atoms with Crippen molar-refractivity contribution in [1.29, 1.82) is 0 Å². The Morgan fingerprint density at radius 2 is 2.03 bits per heavy atom. The molecule has 0 fully saturated rings. The van der Waals surface area contributed by atoms with Gasteiger partial charge >= 0.3 is 0 Å². The Morgan fingerprint density at radius 1 is 1.21 bits per heavy atom. The summed E-state index contributed by atoms with van der Waals surface area (Å²) in [5, 5.41) is 7.41. The molecular formula is C28H35N7O3S. The minimum Gasteiger partial charge on any atom is -0.477 e. The van der Waals surface area contributed by atoms with Crippen molar-refractivity contribution in [3.63, 3.8) is 0 Å². The second kappa shape index (κ2) is 10.8. The van der Waals surface area contributed by atoms with Gasteiger partial charge in [0, 0.05) is 42.0 Å². The summed E-state index contributed by atoms with van der Waals surface area (Å²) in [6.07, 6.45) is 3.47. The number of fused-ring (bicyclic) bond motifs is 7. The van der Waals surface area contributed by atoms with Gasteiger partial charge in [0.1, 0.15) is 0 Å². The highest BCUT2D eigenvalue weighted by Crippen LogP contribution is 2.31.